The van der Waals surface area contributed by atoms with Gasteiger partial charge in [0.25, 0.3) is 5.91 Å². The summed E-state index contributed by atoms with van der Waals surface area (Å²) in [5.41, 5.74) is 1.33. The summed E-state index contributed by atoms with van der Waals surface area (Å²) < 4.78 is 29.6. The second-order valence-electron chi connectivity index (χ2n) is 8.13. The second-order valence-corrected chi connectivity index (χ2v) is 8.13. The van der Waals surface area contributed by atoms with Crippen molar-refractivity contribution in [2.24, 2.45) is 13.0 Å². The molecule has 2 bridgehead atoms. The number of piperidine rings is 3. The number of rotatable bonds is 2. The number of hydrogen-bond donors (Lipinski definition) is 0. The first-order valence-corrected chi connectivity index (χ1v) is 9.65. The molecule has 142 valence electrons. The summed E-state index contributed by atoms with van der Waals surface area (Å²) in [6, 6.07) is 7.75. The normalized spacial score (nSPS) is 32.0. The average molecular weight is 371 g/mol. The zero-order valence-corrected chi connectivity index (χ0v) is 15.3. The molecule has 4 fully saturated rings. The number of carbonyl (C=O) groups is 1. The maximum atomic E-state index is 13.9. The van der Waals surface area contributed by atoms with Crippen LogP contribution in [0.1, 0.15) is 34.8 Å². The molecule has 5 heterocycles. The van der Waals surface area contributed by atoms with Crippen LogP contribution in [0, 0.1) is 17.6 Å². The Kier molecular flexibility index (Phi) is 3.86. The van der Waals surface area contributed by atoms with Crippen molar-refractivity contribution in [1.82, 2.24) is 14.4 Å². The fourth-order valence-corrected chi connectivity index (χ4v) is 5.57. The summed E-state index contributed by atoms with van der Waals surface area (Å²) in [7, 11) is 1.87. The summed E-state index contributed by atoms with van der Waals surface area (Å²) in [5, 5.41) is 0. The highest BCUT2D eigenvalue weighted by Gasteiger charge is 2.54. The van der Waals surface area contributed by atoms with E-state index in [1.54, 1.807) is 0 Å². The Morgan fingerprint density at radius 3 is 2.41 bits per heavy atom. The third-order valence-electron chi connectivity index (χ3n) is 6.73. The molecule has 0 unspecified atom stereocenters. The lowest BCUT2D eigenvalue weighted by molar-refractivity contribution is -0.00371. The zero-order chi connectivity index (χ0) is 18.7. The minimum Gasteiger partial charge on any atom is -0.347 e. The van der Waals surface area contributed by atoms with Gasteiger partial charge in [0.2, 0.25) is 0 Å². The molecule has 0 saturated carbocycles. The summed E-state index contributed by atoms with van der Waals surface area (Å²) in [6.07, 6.45) is 4.04. The van der Waals surface area contributed by atoms with Gasteiger partial charge in [-0.2, -0.15) is 0 Å². The molecule has 6 heteroatoms. The molecule has 2 aromatic rings. The molecule has 1 aromatic carbocycles. The molecular formula is C21H23F2N3O. The number of fused-ring (bicyclic) bond motifs is 2. The van der Waals surface area contributed by atoms with Crippen LogP contribution in [0.2, 0.25) is 0 Å². The van der Waals surface area contributed by atoms with Gasteiger partial charge in [0, 0.05) is 37.8 Å². The summed E-state index contributed by atoms with van der Waals surface area (Å²) in [4.78, 5) is 17.7. The first kappa shape index (κ1) is 16.9. The number of nitrogens with zero attached hydrogens (tertiary/aromatic N) is 3. The third kappa shape index (κ3) is 2.61. The number of likely N-dealkylation sites (tertiary alicyclic amines) is 1. The van der Waals surface area contributed by atoms with Gasteiger partial charge in [-0.05, 0) is 61.7 Å². The molecule has 0 aliphatic carbocycles. The molecule has 1 aromatic heterocycles. The van der Waals surface area contributed by atoms with Crippen LogP contribution in [0.15, 0.2) is 36.5 Å². The van der Waals surface area contributed by atoms with Crippen LogP contribution >= 0.6 is 0 Å². The topological polar surface area (TPSA) is 28.5 Å². The lowest BCUT2D eigenvalue weighted by Crippen LogP contribution is -2.60. The van der Waals surface area contributed by atoms with Gasteiger partial charge in [0.15, 0.2) is 0 Å². The Hall–Kier alpha value is -2.21. The summed E-state index contributed by atoms with van der Waals surface area (Å²) in [5.74, 6) is -0.680. The Bertz CT molecular complexity index is 867. The molecule has 27 heavy (non-hydrogen) atoms. The third-order valence-corrected chi connectivity index (χ3v) is 6.73. The van der Waals surface area contributed by atoms with E-state index in [9.17, 15) is 13.6 Å². The number of aromatic nitrogens is 1. The molecule has 1 amide bonds. The summed E-state index contributed by atoms with van der Waals surface area (Å²) >= 11 is 0. The van der Waals surface area contributed by atoms with Gasteiger partial charge in [-0.3, -0.25) is 9.69 Å². The van der Waals surface area contributed by atoms with Gasteiger partial charge in [-0.1, -0.05) is 0 Å². The number of halogens is 2. The second kappa shape index (κ2) is 6.16. The van der Waals surface area contributed by atoms with Crippen molar-refractivity contribution in [1.29, 1.82) is 0 Å². The van der Waals surface area contributed by atoms with Gasteiger partial charge >= 0.3 is 0 Å². The van der Waals surface area contributed by atoms with E-state index in [-0.39, 0.29) is 23.9 Å². The highest BCUT2D eigenvalue weighted by atomic mass is 19.1. The summed E-state index contributed by atoms with van der Waals surface area (Å²) in [6.45, 7) is 2.52. The maximum absolute atomic E-state index is 13.9. The number of hydrogen-bond acceptors (Lipinski definition) is 2. The molecule has 4 aliphatic heterocycles. The van der Waals surface area contributed by atoms with Gasteiger partial charge in [0.05, 0.1) is 6.04 Å². The van der Waals surface area contributed by atoms with Crippen LogP contribution in [0.25, 0.3) is 0 Å². The first-order valence-electron chi connectivity index (χ1n) is 9.65. The quantitative estimate of drug-likeness (QED) is 0.812. The van der Waals surface area contributed by atoms with Gasteiger partial charge in [0.1, 0.15) is 17.3 Å². The number of aryl methyl sites for hydroxylation is 1. The van der Waals surface area contributed by atoms with Crippen LogP contribution in [-0.4, -0.2) is 52.0 Å². The SMILES string of the molecule is Cn1cccc1C(=O)N1C[C@H](c2cc(F)cc(F)c2)[C@H]2[C@@H]1C1CCN2CC1. The lowest BCUT2D eigenvalue weighted by Gasteiger charge is -2.51. The van der Waals surface area contributed by atoms with Crippen molar-refractivity contribution in [3.63, 3.8) is 0 Å². The van der Waals surface area contributed by atoms with Gasteiger partial charge in [-0.15, -0.1) is 0 Å². The van der Waals surface area contributed by atoms with Gasteiger partial charge in [-0.25, -0.2) is 8.78 Å². The Morgan fingerprint density at radius 2 is 1.78 bits per heavy atom. The average Bonchev–Trinajstić information content (AvgIpc) is 3.26. The van der Waals surface area contributed by atoms with E-state index in [0.717, 1.165) is 32.0 Å². The van der Waals surface area contributed by atoms with Crippen LogP contribution in [-0.2, 0) is 7.05 Å². The fraction of sp³-hybridized carbons (Fsp3) is 0.476. The molecule has 0 radical (unpaired) electrons. The molecule has 4 aliphatic rings. The molecule has 6 rings (SSSR count). The van der Waals surface area contributed by atoms with Crippen molar-refractivity contribution in [3.8, 4) is 0 Å². The van der Waals surface area contributed by atoms with E-state index in [2.05, 4.69) is 4.90 Å². The minimum absolute atomic E-state index is 0.0191. The van der Waals surface area contributed by atoms with Crippen LogP contribution in [0.5, 0.6) is 0 Å². The van der Waals surface area contributed by atoms with E-state index in [1.165, 1.54) is 12.1 Å². The van der Waals surface area contributed by atoms with Crippen molar-refractivity contribution < 1.29 is 13.6 Å². The van der Waals surface area contributed by atoms with Crippen molar-refractivity contribution >= 4 is 5.91 Å². The van der Waals surface area contributed by atoms with E-state index in [1.807, 2.05) is 34.8 Å². The first-order chi connectivity index (χ1) is 13.0. The van der Waals surface area contributed by atoms with E-state index < -0.39 is 11.6 Å². The van der Waals surface area contributed by atoms with Crippen molar-refractivity contribution in [3.05, 3.63) is 59.4 Å². The van der Waals surface area contributed by atoms with E-state index in [0.29, 0.717) is 23.7 Å². The number of amides is 1. The van der Waals surface area contributed by atoms with Crippen LogP contribution < -0.4 is 0 Å². The predicted molar refractivity (Wildman–Crippen MR) is 97.4 cm³/mol. The Balaban J connectivity index is 1.56. The smallest absolute Gasteiger partial charge is 0.270 e. The predicted octanol–water partition coefficient (Wildman–Crippen LogP) is 3.01. The Labute approximate surface area is 157 Å². The van der Waals surface area contributed by atoms with E-state index >= 15 is 0 Å². The van der Waals surface area contributed by atoms with Crippen molar-refractivity contribution in [2.45, 2.75) is 30.8 Å². The highest BCUT2D eigenvalue weighted by Crippen LogP contribution is 2.47. The highest BCUT2D eigenvalue weighted by molar-refractivity contribution is 5.93. The van der Waals surface area contributed by atoms with E-state index in [4.69, 9.17) is 0 Å². The standard InChI is InChI=1S/C21H23F2N3O/c1-24-6-2-3-18(24)21(27)26-12-17(14-9-15(22)11-16(23)10-14)20-19(26)13-4-7-25(20)8-5-13/h2-3,6,9-11,13,17,19-20H,4-5,7-8,12H2,1H3/t17-,19+,20+/m1/s1. The largest absolute Gasteiger partial charge is 0.347 e. The molecule has 0 N–H and O–H groups in total. The Morgan fingerprint density at radius 1 is 1.07 bits per heavy atom. The minimum atomic E-state index is -0.551. The molecule has 4 saturated heterocycles. The van der Waals surface area contributed by atoms with Gasteiger partial charge < -0.3 is 9.47 Å². The zero-order valence-electron chi connectivity index (χ0n) is 15.3. The molecule has 0 spiro atoms. The monoisotopic (exact) mass is 371 g/mol. The lowest BCUT2D eigenvalue weighted by atomic mass is 9.75. The van der Waals surface area contributed by atoms with Crippen LogP contribution in [0.4, 0.5) is 8.78 Å². The fourth-order valence-electron chi connectivity index (χ4n) is 5.57. The van der Waals surface area contributed by atoms with Crippen LogP contribution in [0.3, 0.4) is 0 Å². The maximum Gasteiger partial charge on any atom is 0.270 e. The molecule has 3 atom stereocenters. The van der Waals surface area contributed by atoms with Crippen molar-refractivity contribution in [2.75, 3.05) is 19.6 Å². The molecular weight excluding hydrogens is 348 g/mol. The number of benzene rings is 1. The molecule has 4 nitrogen and oxygen atoms in total. The number of carbonyl (C=O) groups excluding carboxylic acids is 1.